The topological polar surface area (TPSA) is 119 Å². The van der Waals surface area contributed by atoms with Gasteiger partial charge in [0.05, 0.1) is 17.5 Å². The largest absolute Gasteiger partial charge is 0.444 e. The fourth-order valence-corrected chi connectivity index (χ4v) is 4.32. The minimum absolute atomic E-state index is 0.0566. The zero-order valence-corrected chi connectivity index (χ0v) is 20.4. The average Bonchev–Trinajstić information content (AvgIpc) is 3.45. The van der Waals surface area contributed by atoms with Gasteiger partial charge in [0, 0.05) is 35.7 Å². The van der Waals surface area contributed by atoms with Crippen molar-refractivity contribution in [1.29, 1.82) is 0 Å². The van der Waals surface area contributed by atoms with Crippen molar-refractivity contribution in [3.8, 4) is 22.8 Å². The quantitative estimate of drug-likeness (QED) is 0.443. The summed E-state index contributed by atoms with van der Waals surface area (Å²) < 4.78 is 12.6. The molecule has 0 atom stereocenters. The number of likely N-dealkylation sites (tertiary alicyclic amines) is 1. The first-order valence-electron chi connectivity index (χ1n) is 11.4. The molecule has 0 aliphatic carbocycles. The molecule has 11 heteroatoms. The van der Waals surface area contributed by atoms with Crippen molar-refractivity contribution in [3.05, 3.63) is 57.6 Å². The highest BCUT2D eigenvalue weighted by molar-refractivity contribution is 6.30. The number of amides is 1. The van der Waals surface area contributed by atoms with Crippen LogP contribution in [-0.2, 0) is 4.74 Å². The van der Waals surface area contributed by atoms with E-state index in [1.165, 1.54) is 0 Å². The Morgan fingerprint density at radius 2 is 1.91 bits per heavy atom. The van der Waals surface area contributed by atoms with E-state index in [1.54, 1.807) is 45.9 Å². The van der Waals surface area contributed by atoms with E-state index in [-0.39, 0.29) is 17.6 Å². The van der Waals surface area contributed by atoms with E-state index in [4.69, 9.17) is 20.9 Å². The second-order valence-electron chi connectivity index (χ2n) is 9.55. The Bertz CT molecular complexity index is 1420. The molecule has 3 aromatic heterocycles. The fraction of sp³-hybridized carbons (Fsp3) is 0.375. The summed E-state index contributed by atoms with van der Waals surface area (Å²) in [7, 11) is 0. The maximum absolute atomic E-state index is 12.6. The second kappa shape index (κ2) is 8.84. The molecule has 35 heavy (non-hydrogen) atoms. The number of benzene rings is 1. The summed E-state index contributed by atoms with van der Waals surface area (Å²) in [5, 5.41) is 9.20. The summed E-state index contributed by atoms with van der Waals surface area (Å²) in [6.45, 7) is 6.63. The van der Waals surface area contributed by atoms with Crippen LogP contribution < -0.4 is 5.56 Å². The van der Waals surface area contributed by atoms with Gasteiger partial charge in [-0.15, -0.1) is 0 Å². The van der Waals surface area contributed by atoms with Gasteiger partial charge >= 0.3 is 6.09 Å². The van der Waals surface area contributed by atoms with Crippen molar-refractivity contribution in [3.63, 3.8) is 0 Å². The Kier molecular flexibility index (Phi) is 5.84. The number of aromatic amines is 1. The van der Waals surface area contributed by atoms with Crippen LogP contribution in [-0.4, -0.2) is 54.4 Å². The highest BCUT2D eigenvalue weighted by atomic mass is 35.5. The van der Waals surface area contributed by atoms with Crippen LogP contribution in [0.2, 0.25) is 5.02 Å². The number of fused-ring (bicyclic) bond motifs is 1. The number of nitrogens with one attached hydrogen (secondary N) is 1. The Labute approximate surface area is 205 Å². The van der Waals surface area contributed by atoms with E-state index in [2.05, 4.69) is 20.2 Å². The molecule has 1 saturated heterocycles. The third-order valence-corrected chi connectivity index (χ3v) is 6.11. The van der Waals surface area contributed by atoms with E-state index in [0.29, 0.717) is 53.9 Å². The second-order valence-corrected chi connectivity index (χ2v) is 9.99. The van der Waals surface area contributed by atoms with Gasteiger partial charge in [-0.2, -0.15) is 10.1 Å². The Morgan fingerprint density at radius 1 is 1.20 bits per heavy atom. The van der Waals surface area contributed by atoms with Gasteiger partial charge in [-0.1, -0.05) is 16.8 Å². The van der Waals surface area contributed by atoms with Crippen LogP contribution >= 0.6 is 11.6 Å². The van der Waals surface area contributed by atoms with Gasteiger partial charge in [0.25, 0.3) is 11.4 Å². The maximum atomic E-state index is 12.6. The number of carbonyl (C=O) groups is 1. The Hall–Kier alpha value is -3.66. The molecule has 1 amide bonds. The number of piperidine rings is 1. The number of nitrogens with zero attached hydrogens (tertiary/aromatic N) is 5. The molecule has 1 aliphatic heterocycles. The van der Waals surface area contributed by atoms with Crippen molar-refractivity contribution in [2.75, 3.05) is 13.1 Å². The van der Waals surface area contributed by atoms with E-state index >= 15 is 0 Å². The van der Waals surface area contributed by atoms with Crippen molar-refractivity contribution >= 4 is 23.3 Å². The smallest absolute Gasteiger partial charge is 0.410 e. The zero-order valence-electron chi connectivity index (χ0n) is 19.6. The highest BCUT2D eigenvalue weighted by Gasteiger charge is 2.29. The monoisotopic (exact) mass is 496 g/mol. The number of hydrogen-bond donors (Lipinski definition) is 1. The van der Waals surface area contributed by atoms with Gasteiger partial charge in [-0.25, -0.2) is 9.31 Å². The van der Waals surface area contributed by atoms with Gasteiger partial charge in [0.2, 0.25) is 5.82 Å². The predicted octanol–water partition coefficient (Wildman–Crippen LogP) is 4.51. The van der Waals surface area contributed by atoms with E-state index < -0.39 is 5.60 Å². The van der Waals surface area contributed by atoms with E-state index in [1.807, 2.05) is 20.8 Å². The van der Waals surface area contributed by atoms with Crippen LogP contribution in [0.4, 0.5) is 4.79 Å². The van der Waals surface area contributed by atoms with E-state index in [0.717, 1.165) is 11.3 Å². The lowest BCUT2D eigenvalue weighted by Crippen LogP contribution is -2.41. The summed E-state index contributed by atoms with van der Waals surface area (Å²) >= 11 is 5.96. The van der Waals surface area contributed by atoms with Crippen molar-refractivity contribution in [2.45, 2.75) is 45.1 Å². The van der Waals surface area contributed by atoms with Crippen molar-refractivity contribution in [2.24, 2.45) is 0 Å². The van der Waals surface area contributed by atoms with Gasteiger partial charge < -0.3 is 19.1 Å². The first kappa shape index (κ1) is 23.1. The molecule has 4 heterocycles. The molecule has 5 rings (SSSR count). The summed E-state index contributed by atoms with van der Waals surface area (Å²) in [5.41, 5.74) is 1.77. The minimum atomic E-state index is -0.541. The third-order valence-electron chi connectivity index (χ3n) is 5.86. The summed E-state index contributed by atoms with van der Waals surface area (Å²) in [5.74, 6) is 0.711. The number of hydrogen-bond acceptors (Lipinski definition) is 7. The molecule has 10 nitrogen and oxygen atoms in total. The fourth-order valence-electron chi connectivity index (χ4n) is 4.19. The summed E-state index contributed by atoms with van der Waals surface area (Å²) in [6, 6.07) is 8.63. The number of aromatic nitrogens is 5. The zero-order chi connectivity index (χ0) is 24.7. The molecule has 0 spiro atoms. The van der Waals surface area contributed by atoms with Crippen LogP contribution in [0.3, 0.4) is 0 Å². The van der Waals surface area contributed by atoms with Crippen molar-refractivity contribution in [1.82, 2.24) is 29.6 Å². The van der Waals surface area contributed by atoms with Crippen molar-refractivity contribution < 1.29 is 14.1 Å². The SMILES string of the molecule is CC(C)(C)OC(=O)N1CCC(c2cc(=O)[nH]c3c(-c4noc(-c5ccc(Cl)cc5)n4)cnn23)CC1. The number of rotatable bonds is 3. The van der Waals surface area contributed by atoms with Crippen LogP contribution in [0, 0.1) is 0 Å². The molecule has 182 valence electrons. The lowest BCUT2D eigenvalue weighted by Gasteiger charge is -2.33. The molecular formula is C24H25ClN6O4. The molecule has 1 aromatic carbocycles. The third kappa shape index (κ3) is 4.79. The van der Waals surface area contributed by atoms with Gasteiger partial charge in [0.15, 0.2) is 0 Å². The lowest BCUT2D eigenvalue weighted by atomic mass is 9.93. The van der Waals surface area contributed by atoms with Gasteiger partial charge in [-0.3, -0.25) is 4.79 Å². The standard InChI is InChI=1S/C24H25ClN6O4/c1-24(2,3)34-23(33)30-10-8-14(9-11-30)18-12-19(32)27-21-17(13-26-31(18)21)20-28-22(35-29-20)15-4-6-16(25)7-5-15/h4-7,12-14H,8-11H2,1-3H3,(H,27,32). The minimum Gasteiger partial charge on any atom is -0.444 e. The van der Waals surface area contributed by atoms with Crippen LogP contribution in [0.25, 0.3) is 28.5 Å². The molecule has 0 saturated carbocycles. The van der Waals surface area contributed by atoms with Crippen LogP contribution in [0.1, 0.15) is 45.2 Å². The highest BCUT2D eigenvalue weighted by Crippen LogP contribution is 2.31. The molecule has 4 aromatic rings. The summed E-state index contributed by atoms with van der Waals surface area (Å²) in [6.07, 6.45) is 2.68. The molecule has 1 aliphatic rings. The molecule has 1 N–H and O–H groups in total. The van der Waals surface area contributed by atoms with E-state index in [9.17, 15) is 9.59 Å². The molecule has 1 fully saturated rings. The van der Waals surface area contributed by atoms with Crippen LogP contribution in [0.5, 0.6) is 0 Å². The van der Waals surface area contributed by atoms with Gasteiger partial charge in [-0.05, 0) is 57.9 Å². The molecular weight excluding hydrogens is 472 g/mol. The predicted molar refractivity (Wildman–Crippen MR) is 129 cm³/mol. The number of carbonyl (C=O) groups excluding carboxylic acids is 1. The van der Waals surface area contributed by atoms with Crippen LogP contribution in [0.15, 0.2) is 45.8 Å². The maximum Gasteiger partial charge on any atom is 0.410 e. The molecule has 0 unspecified atom stereocenters. The average molecular weight is 497 g/mol. The summed E-state index contributed by atoms with van der Waals surface area (Å²) in [4.78, 5) is 34.0. The Morgan fingerprint density at radius 3 is 2.60 bits per heavy atom. The lowest BCUT2D eigenvalue weighted by molar-refractivity contribution is 0.0203. The first-order valence-corrected chi connectivity index (χ1v) is 11.7. The number of halogens is 1. The van der Waals surface area contributed by atoms with Gasteiger partial charge in [0.1, 0.15) is 11.2 Å². The number of H-pyrrole nitrogens is 1. The molecule has 0 bridgehead atoms. The molecule has 0 radical (unpaired) electrons. The number of ether oxygens (including phenoxy) is 1. The first-order chi connectivity index (χ1) is 16.7. The normalized spacial score (nSPS) is 15.0. The Balaban J connectivity index is 1.40.